The van der Waals surface area contributed by atoms with Crippen molar-refractivity contribution >= 4 is 16.7 Å². The molecule has 3 aromatic carbocycles. The van der Waals surface area contributed by atoms with Crippen molar-refractivity contribution in [1.82, 2.24) is 0 Å². The van der Waals surface area contributed by atoms with Crippen LogP contribution in [0.5, 0.6) is 23.0 Å². The third kappa shape index (κ3) is 3.46. The molecule has 27 heavy (non-hydrogen) atoms. The molecule has 3 aromatic rings. The lowest BCUT2D eigenvalue weighted by molar-refractivity contribution is 0.0602. The highest BCUT2D eigenvalue weighted by Gasteiger charge is 2.23. The molecule has 0 spiro atoms. The van der Waals surface area contributed by atoms with Crippen LogP contribution in [0, 0.1) is 0 Å². The number of carbonyl (C=O) groups excluding carboxylic acids is 1. The van der Waals surface area contributed by atoms with Gasteiger partial charge in [0.1, 0.15) is 12.4 Å². The minimum atomic E-state index is -0.543. The van der Waals surface area contributed by atoms with Crippen LogP contribution in [0.15, 0.2) is 48.5 Å². The Morgan fingerprint density at radius 3 is 2.30 bits per heavy atom. The first-order valence-electron chi connectivity index (χ1n) is 8.26. The monoisotopic (exact) mass is 368 g/mol. The molecule has 0 saturated heterocycles. The molecular weight excluding hydrogens is 348 g/mol. The van der Waals surface area contributed by atoms with E-state index in [0.717, 1.165) is 5.56 Å². The molecule has 0 aliphatic carbocycles. The predicted octanol–water partition coefficient (Wildman–Crippen LogP) is 3.93. The lowest BCUT2D eigenvalue weighted by Gasteiger charge is -2.18. The first kappa shape index (κ1) is 18.4. The zero-order valence-corrected chi connectivity index (χ0v) is 15.3. The number of phenols is 1. The lowest BCUT2D eigenvalue weighted by Crippen LogP contribution is -2.05. The van der Waals surface area contributed by atoms with E-state index < -0.39 is 5.97 Å². The van der Waals surface area contributed by atoms with Gasteiger partial charge >= 0.3 is 5.97 Å². The molecule has 3 rings (SSSR count). The number of fused-ring (bicyclic) bond motifs is 1. The molecule has 0 aliphatic rings. The number of phenolic OH excluding ortho intramolecular Hbond substituents is 1. The van der Waals surface area contributed by atoms with Crippen LogP contribution in [0.3, 0.4) is 0 Å². The standard InChI is InChI=1S/C21H20O6/c1-24-19-17(27-12-13-7-5-4-6-8-13)11-15-16(22)10-9-14(21(23)26-3)18(15)20(19)25-2/h4-11,22H,12H2,1-3H3. The van der Waals surface area contributed by atoms with Gasteiger partial charge in [-0.25, -0.2) is 4.79 Å². The molecule has 0 radical (unpaired) electrons. The van der Waals surface area contributed by atoms with E-state index in [1.807, 2.05) is 30.3 Å². The minimum Gasteiger partial charge on any atom is -0.507 e. The Labute approximate surface area is 156 Å². The van der Waals surface area contributed by atoms with E-state index in [2.05, 4.69) is 0 Å². The van der Waals surface area contributed by atoms with E-state index in [0.29, 0.717) is 28.9 Å². The zero-order valence-electron chi connectivity index (χ0n) is 15.3. The Hall–Kier alpha value is -3.41. The van der Waals surface area contributed by atoms with Crippen LogP contribution in [0.2, 0.25) is 0 Å². The van der Waals surface area contributed by atoms with Crippen molar-refractivity contribution in [2.75, 3.05) is 21.3 Å². The van der Waals surface area contributed by atoms with E-state index >= 15 is 0 Å². The maximum atomic E-state index is 12.2. The average Bonchev–Trinajstić information content (AvgIpc) is 2.71. The fraction of sp³-hybridized carbons (Fsp3) is 0.190. The number of hydrogen-bond acceptors (Lipinski definition) is 6. The normalized spacial score (nSPS) is 10.5. The van der Waals surface area contributed by atoms with Crippen LogP contribution in [-0.2, 0) is 11.3 Å². The number of ether oxygens (including phenoxy) is 4. The van der Waals surface area contributed by atoms with Crippen molar-refractivity contribution in [2.24, 2.45) is 0 Å². The largest absolute Gasteiger partial charge is 0.507 e. The van der Waals surface area contributed by atoms with Crippen LogP contribution >= 0.6 is 0 Å². The van der Waals surface area contributed by atoms with Crippen molar-refractivity contribution in [3.63, 3.8) is 0 Å². The second-order valence-corrected chi connectivity index (χ2v) is 5.76. The van der Waals surface area contributed by atoms with Gasteiger partial charge in [0, 0.05) is 10.8 Å². The average molecular weight is 368 g/mol. The SMILES string of the molecule is COC(=O)c1ccc(O)c2cc(OCc3ccccc3)c(OC)c(OC)c12. The maximum Gasteiger partial charge on any atom is 0.338 e. The van der Waals surface area contributed by atoms with Gasteiger partial charge in [-0.3, -0.25) is 0 Å². The summed E-state index contributed by atoms with van der Waals surface area (Å²) in [4.78, 5) is 12.2. The van der Waals surface area contributed by atoms with Gasteiger partial charge in [-0.2, -0.15) is 0 Å². The highest BCUT2D eigenvalue weighted by Crippen LogP contribution is 2.47. The number of rotatable bonds is 6. The molecule has 1 N–H and O–H groups in total. The van der Waals surface area contributed by atoms with Crippen molar-refractivity contribution in [3.8, 4) is 23.0 Å². The van der Waals surface area contributed by atoms with Gasteiger partial charge in [0.15, 0.2) is 11.5 Å². The van der Waals surface area contributed by atoms with Crippen LogP contribution in [0.4, 0.5) is 0 Å². The summed E-state index contributed by atoms with van der Waals surface area (Å²) < 4.78 is 21.8. The number of benzene rings is 3. The van der Waals surface area contributed by atoms with Crippen molar-refractivity contribution in [2.45, 2.75) is 6.61 Å². The first-order chi connectivity index (χ1) is 13.1. The van der Waals surface area contributed by atoms with Crippen LogP contribution in [0.1, 0.15) is 15.9 Å². The van der Waals surface area contributed by atoms with Gasteiger partial charge in [-0.15, -0.1) is 0 Å². The van der Waals surface area contributed by atoms with E-state index in [9.17, 15) is 9.90 Å². The summed E-state index contributed by atoms with van der Waals surface area (Å²) in [6, 6.07) is 14.2. The molecule has 140 valence electrons. The fourth-order valence-corrected chi connectivity index (χ4v) is 2.93. The van der Waals surface area contributed by atoms with E-state index in [1.165, 1.54) is 33.5 Å². The maximum absolute atomic E-state index is 12.2. The molecule has 6 heteroatoms. The molecule has 6 nitrogen and oxygen atoms in total. The number of hydrogen-bond donors (Lipinski definition) is 1. The minimum absolute atomic E-state index is 0.0110. The molecule has 0 aliphatic heterocycles. The third-order valence-corrected chi connectivity index (χ3v) is 4.21. The van der Waals surface area contributed by atoms with Crippen LogP contribution in [0.25, 0.3) is 10.8 Å². The smallest absolute Gasteiger partial charge is 0.338 e. The second-order valence-electron chi connectivity index (χ2n) is 5.76. The van der Waals surface area contributed by atoms with E-state index in [4.69, 9.17) is 18.9 Å². The topological polar surface area (TPSA) is 74.2 Å². The molecule has 0 aromatic heterocycles. The summed E-state index contributed by atoms with van der Waals surface area (Å²) in [6.07, 6.45) is 0. The van der Waals surface area contributed by atoms with Crippen molar-refractivity contribution < 1.29 is 28.8 Å². The quantitative estimate of drug-likeness (QED) is 0.665. The summed E-state index contributed by atoms with van der Waals surface area (Å²) in [6.45, 7) is 0.309. The molecule has 0 fully saturated rings. The molecule has 0 heterocycles. The van der Waals surface area contributed by atoms with E-state index in [1.54, 1.807) is 6.07 Å². The molecule has 0 amide bonds. The number of aromatic hydroxyl groups is 1. The number of esters is 1. The summed E-state index contributed by atoms with van der Waals surface area (Å²) in [5.74, 6) is 0.454. The number of carbonyl (C=O) groups is 1. The molecule has 0 unspecified atom stereocenters. The van der Waals surface area contributed by atoms with Gasteiger partial charge in [-0.1, -0.05) is 30.3 Å². The Kier molecular flexibility index (Phi) is 5.35. The highest BCUT2D eigenvalue weighted by atomic mass is 16.5. The lowest BCUT2D eigenvalue weighted by atomic mass is 10.0. The molecule has 0 saturated carbocycles. The first-order valence-corrected chi connectivity index (χ1v) is 8.26. The molecule has 0 bridgehead atoms. The van der Waals surface area contributed by atoms with Gasteiger partial charge < -0.3 is 24.1 Å². The Morgan fingerprint density at radius 2 is 1.67 bits per heavy atom. The predicted molar refractivity (Wildman–Crippen MR) is 101 cm³/mol. The third-order valence-electron chi connectivity index (χ3n) is 4.21. The van der Waals surface area contributed by atoms with Crippen molar-refractivity contribution in [3.05, 3.63) is 59.7 Å². The molecule has 0 atom stereocenters. The van der Waals surface area contributed by atoms with Gasteiger partial charge in [0.2, 0.25) is 5.75 Å². The van der Waals surface area contributed by atoms with Gasteiger partial charge in [0.05, 0.1) is 26.9 Å². The Morgan fingerprint density at radius 1 is 0.963 bits per heavy atom. The molecular formula is C21H20O6. The second kappa shape index (κ2) is 7.86. The van der Waals surface area contributed by atoms with Crippen LogP contribution < -0.4 is 14.2 Å². The summed E-state index contributed by atoms with van der Waals surface area (Å²) in [5, 5.41) is 11.1. The number of methoxy groups -OCH3 is 3. The van der Waals surface area contributed by atoms with Crippen LogP contribution in [-0.4, -0.2) is 32.4 Å². The Balaban J connectivity index is 2.18. The summed E-state index contributed by atoms with van der Waals surface area (Å²) >= 11 is 0. The Bertz CT molecular complexity index is 966. The highest BCUT2D eigenvalue weighted by molar-refractivity contribution is 6.10. The zero-order chi connectivity index (χ0) is 19.4. The summed E-state index contributed by atoms with van der Waals surface area (Å²) in [5.41, 5.74) is 1.24. The van der Waals surface area contributed by atoms with Crippen molar-refractivity contribution in [1.29, 1.82) is 0 Å². The fourth-order valence-electron chi connectivity index (χ4n) is 2.93. The van der Waals surface area contributed by atoms with Gasteiger partial charge in [-0.05, 0) is 23.8 Å². The van der Waals surface area contributed by atoms with Gasteiger partial charge in [0.25, 0.3) is 0 Å². The summed E-state index contributed by atoms with van der Waals surface area (Å²) in [7, 11) is 4.24. The van der Waals surface area contributed by atoms with E-state index in [-0.39, 0.29) is 17.1 Å².